The lowest BCUT2D eigenvalue weighted by Crippen LogP contribution is -2.10. The zero-order valence-electron chi connectivity index (χ0n) is 9.17. The van der Waals surface area contributed by atoms with Gasteiger partial charge in [-0.05, 0) is 19.1 Å². The molecule has 88 valence electrons. The lowest BCUT2D eigenvalue weighted by molar-refractivity contribution is -0.137. The van der Waals surface area contributed by atoms with Crippen molar-refractivity contribution in [3.63, 3.8) is 0 Å². The van der Waals surface area contributed by atoms with Crippen LogP contribution in [0.25, 0.3) is 11.4 Å². The zero-order chi connectivity index (χ0) is 12.4. The van der Waals surface area contributed by atoms with Crippen molar-refractivity contribution >= 4 is 18.2 Å². The molecule has 5 nitrogen and oxygen atoms in total. The number of hydrogen-bond donors (Lipinski definition) is 2. The number of benzene rings is 1. The Bertz CT molecular complexity index is 598. The average Bonchev–Trinajstić information content (AvgIpc) is 2.61. The van der Waals surface area contributed by atoms with Crippen LogP contribution >= 0.6 is 12.2 Å². The van der Waals surface area contributed by atoms with E-state index in [-0.39, 0.29) is 6.54 Å². The van der Waals surface area contributed by atoms with Gasteiger partial charge >= 0.3 is 5.97 Å². The van der Waals surface area contributed by atoms with Crippen molar-refractivity contribution in [3.05, 3.63) is 34.6 Å². The van der Waals surface area contributed by atoms with Crippen LogP contribution in [0.1, 0.15) is 5.56 Å². The average molecular weight is 249 g/mol. The fourth-order valence-electron chi connectivity index (χ4n) is 1.52. The minimum Gasteiger partial charge on any atom is -0.480 e. The third-order valence-corrected chi connectivity index (χ3v) is 2.67. The summed E-state index contributed by atoms with van der Waals surface area (Å²) >= 11 is 5.00. The normalized spacial score (nSPS) is 10.4. The second kappa shape index (κ2) is 4.50. The van der Waals surface area contributed by atoms with Gasteiger partial charge in [-0.3, -0.25) is 14.5 Å². The smallest absolute Gasteiger partial charge is 0.323 e. The van der Waals surface area contributed by atoms with Gasteiger partial charge in [-0.1, -0.05) is 29.8 Å². The number of aryl methyl sites for hydroxylation is 1. The summed E-state index contributed by atoms with van der Waals surface area (Å²) in [5.41, 5.74) is 1.97. The summed E-state index contributed by atoms with van der Waals surface area (Å²) in [6.07, 6.45) is 0. The van der Waals surface area contributed by atoms with Crippen LogP contribution in [0.2, 0.25) is 0 Å². The van der Waals surface area contributed by atoms with Crippen molar-refractivity contribution in [2.45, 2.75) is 13.5 Å². The highest BCUT2D eigenvalue weighted by Gasteiger charge is 2.10. The third kappa shape index (κ3) is 2.42. The van der Waals surface area contributed by atoms with E-state index in [4.69, 9.17) is 17.3 Å². The standard InChI is InChI=1S/C11H11N3O2S/c1-7-2-4-8(5-3-7)10-12-13-11(17)14(10)6-9(15)16/h2-5H,6H2,1H3,(H,13,17)(H,15,16). The Morgan fingerprint density at radius 1 is 1.47 bits per heavy atom. The van der Waals surface area contributed by atoms with E-state index in [9.17, 15) is 4.79 Å². The van der Waals surface area contributed by atoms with Gasteiger partial charge in [0.15, 0.2) is 10.6 Å². The van der Waals surface area contributed by atoms with Crippen LogP contribution in [0.15, 0.2) is 24.3 Å². The van der Waals surface area contributed by atoms with Gasteiger partial charge in [-0.15, -0.1) is 0 Å². The summed E-state index contributed by atoms with van der Waals surface area (Å²) in [5.74, 6) is -0.409. The van der Waals surface area contributed by atoms with Gasteiger partial charge < -0.3 is 5.11 Å². The second-order valence-electron chi connectivity index (χ2n) is 3.70. The molecule has 0 fully saturated rings. The molecule has 2 rings (SSSR count). The van der Waals surface area contributed by atoms with Crippen LogP contribution < -0.4 is 0 Å². The van der Waals surface area contributed by atoms with E-state index < -0.39 is 5.97 Å². The summed E-state index contributed by atoms with van der Waals surface area (Å²) in [6.45, 7) is 1.79. The van der Waals surface area contributed by atoms with Crippen LogP contribution in [-0.4, -0.2) is 25.8 Å². The van der Waals surface area contributed by atoms with E-state index >= 15 is 0 Å². The summed E-state index contributed by atoms with van der Waals surface area (Å²) < 4.78 is 1.77. The first-order chi connectivity index (χ1) is 8.08. The van der Waals surface area contributed by atoms with Crippen LogP contribution in [0, 0.1) is 11.7 Å². The van der Waals surface area contributed by atoms with Crippen molar-refractivity contribution in [3.8, 4) is 11.4 Å². The van der Waals surface area contributed by atoms with E-state index in [1.165, 1.54) is 4.57 Å². The molecular weight excluding hydrogens is 238 g/mol. The van der Waals surface area contributed by atoms with Crippen molar-refractivity contribution in [2.24, 2.45) is 0 Å². The Hall–Kier alpha value is -1.95. The minimum atomic E-state index is -0.948. The second-order valence-corrected chi connectivity index (χ2v) is 4.08. The first-order valence-electron chi connectivity index (χ1n) is 5.02. The molecule has 0 saturated carbocycles. The number of aromatic amines is 1. The lowest BCUT2D eigenvalue weighted by atomic mass is 10.1. The number of carboxylic acids is 1. The van der Waals surface area contributed by atoms with Gasteiger partial charge in [0, 0.05) is 5.56 Å². The largest absolute Gasteiger partial charge is 0.480 e. The number of carbonyl (C=O) groups is 1. The molecule has 1 aromatic carbocycles. The Morgan fingerprint density at radius 3 is 2.71 bits per heavy atom. The Kier molecular flexibility index (Phi) is 3.06. The maximum absolute atomic E-state index is 10.7. The number of hydrogen-bond acceptors (Lipinski definition) is 3. The fourth-order valence-corrected chi connectivity index (χ4v) is 1.72. The van der Waals surface area contributed by atoms with E-state index in [0.29, 0.717) is 10.6 Å². The van der Waals surface area contributed by atoms with E-state index in [2.05, 4.69) is 10.2 Å². The topological polar surface area (TPSA) is 70.9 Å². The number of rotatable bonds is 3. The molecule has 0 aliphatic rings. The van der Waals surface area contributed by atoms with Crippen molar-refractivity contribution in [1.29, 1.82) is 0 Å². The molecule has 0 saturated heterocycles. The molecular formula is C11H11N3O2S. The molecule has 0 aliphatic heterocycles. The Labute approximate surface area is 103 Å². The van der Waals surface area contributed by atoms with E-state index in [1.54, 1.807) is 0 Å². The Morgan fingerprint density at radius 2 is 2.12 bits per heavy atom. The molecule has 1 heterocycles. The van der Waals surface area contributed by atoms with Crippen LogP contribution in [-0.2, 0) is 11.3 Å². The van der Waals surface area contributed by atoms with Gasteiger partial charge in [-0.25, -0.2) is 0 Å². The molecule has 2 aromatic rings. The number of aromatic nitrogens is 3. The first-order valence-corrected chi connectivity index (χ1v) is 5.43. The Balaban J connectivity index is 2.48. The van der Waals surface area contributed by atoms with Crippen LogP contribution in [0.4, 0.5) is 0 Å². The predicted octanol–water partition coefficient (Wildman–Crippen LogP) is 2.00. The van der Waals surface area contributed by atoms with E-state index in [0.717, 1.165) is 11.1 Å². The van der Waals surface area contributed by atoms with Crippen molar-refractivity contribution in [1.82, 2.24) is 14.8 Å². The maximum atomic E-state index is 10.7. The van der Waals surface area contributed by atoms with Crippen LogP contribution in [0.5, 0.6) is 0 Å². The number of nitrogens with one attached hydrogen (secondary N) is 1. The molecule has 0 aliphatic carbocycles. The number of H-pyrrole nitrogens is 1. The molecule has 0 spiro atoms. The van der Waals surface area contributed by atoms with Gasteiger partial charge in [-0.2, -0.15) is 5.10 Å². The van der Waals surface area contributed by atoms with Gasteiger partial charge in [0.2, 0.25) is 0 Å². The van der Waals surface area contributed by atoms with Crippen molar-refractivity contribution in [2.75, 3.05) is 0 Å². The molecule has 0 amide bonds. The monoisotopic (exact) mass is 249 g/mol. The highest BCUT2D eigenvalue weighted by molar-refractivity contribution is 7.71. The lowest BCUT2D eigenvalue weighted by Gasteiger charge is -2.03. The molecule has 0 atom stereocenters. The summed E-state index contributed by atoms with van der Waals surface area (Å²) in [4.78, 5) is 10.7. The quantitative estimate of drug-likeness (QED) is 0.816. The summed E-state index contributed by atoms with van der Waals surface area (Å²) in [5, 5.41) is 15.5. The fraction of sp³-hybridized carbons (Fsp3) is 0.182. The number of nitrogens with zero attached hydrogens (tertiary/aromatic N) is 2. The molecule has 17 heavy (non-hydrogen) atoms. The zero-order valence-corrected chi connectivity index (χ0v) is 9.99. The minimum absolute atomic E-state index is 0.196. The SMILES string of the molecule is Cc1ccc(-c2n[nH]c(=S)n2CC(=O)O)cc1. The van der Waals surface area contributed by atoms with Gasteiger partial charge in [0.25, 0.3) is 0 Å². The van der Waals surface area contributed by atoms with Gasteiger partial charge in [0.1, 0.15) is 6.54 Å². The summed E-state index contributed by atoms with van der Waals surface area (Å²) in [6, 6.07) is 7.66. The van der Waals surface area contributed by atoms with Gasteiger partial charge in [0.05, 0.1) is 0 Å². The molecule has 0 radical (unpaired) electrons. The third-order valence-electron chi connectivity index (χ3n) is 2.36. The van der Waals surface area contributed by atoms with Crippen molar-refractivity contribution < 1.29 is 9.90 Å². The highest BCUT2D eigenvalue weighted by Crippen LogP contribution is 2.17. The predicted molar refractivity (Wildman–Crippen MR) is 65.2 cm³/mol. The number of aliphatic carboxylic acids is 1. The molecule has 2 N–H and O–H groups in total. The number of carboxylic acid groups (broad SMARTS) is 1. The van der Waals surface area contributed by atoms with E-state index in [1.807, 2.05) is 31.2 Å². The molecule has 0 bridgehead atoms. The maximum Gasteiger partial charge on any atom is 0.323 e. The molecule has 1 aromatic heterocycles. The molecule has 0 unspecified atom stereocenters. The highest BCUT2D eigenvalue weighted by atomic mass is 32.1. The first kappa shape index (κ1) is 11.5. The van der Waals surface area contributed by atoms with Crippen LogP contribution in [0.3, 0.4) is 0 Å². The molecule has 6 heteroatoms. The summed E-state index contributed by atoms with van der Waals surface area (Å²) in [7, 11) is 0.